The van der Waals surface area contributed by atoms with Crippen molar-refractivity contribution in [3.05, 3.63) is 0 Å². The molecule has 0 unspecified atom stereocenters. The molecular formula is C11H18O2. The lowest BCUT2D eigenvalue weighted by Crippen LogP contribution is -2.27. The standard InChI is InChI=1S/C11H18O2/c12-5-6-1-8-7-3-10(9(8)2-6)11(13)4-7/h6-13H,1-5H2/t6-,7+,8-,9-,10-,11+/m0/s1. The van der Waals surface area contributed by atoms with E-state index in [9.17, 15) is 5.11 Å². The lowest BCUT2D eigenvalue weighted by molar-refractivity contribution is 0.0638. The maximum atomic E-state index is 9.76. The Morgan fingerprint density at radius 3 is 2.46 bits per heavy atom. The number of aliphatic hydroxyl groups is 2. The van der Waals surface area contributed by atoms with Crippen molar-refractivity contribution < 1.29 is 10.2 Å². The van der Waals surface area contributed by atoms with Gasteiger partial charge in [0.1, 0.15) is 0 Å². The molecule has 2 N–H and O–H groups in total. The quantitative estimate of drug-likeness (QED) is 0.635. The van der Waals surface area contributed by atoms with Gasteiger partial charge in [-0.2, -0.15) is 0 Å². The summed E-state index contributed by atoms with van der Waals surface area (Å²) in [6.45, 7) is 0.364. The Labute approximate surface area is 79.0 Å². The van der Waals surface area contributed by atoms with Crippen LogP contribution in [0.5, 0.6) is 0 Å². The first-order chi connectivity index (χ1) is 6.29. The molecule has 13 heavy (non-hydrogen) atoms. The maximum absolute atomic E-state index is 9.76. The van der Waals surface area contributed by atoms with Crippen LogP contribution in [0.2, 0.25) is 0 Å². The van der Waals surface area contributed by atoms with Gasteiger partial charge in [0.25, 0.3) is 0 Å². The Kier molecular flexibility index (Phi) is 1.72. The van der Waals surface area contributed by atoms with Crippen molar-refractivity contribution in [1.29, 1.82) is 0 Å². The summed E-state index contributed by atoms with van der Waals surface area (Å²) in [5.74, 6) is 3.54. The zero-order valence-corrected chi connectivity index (χ0v) is 7.89. The minimum atomic E-state index is -0.0105. The Hall–Kier alpha value is -0.0800. The highest BCUT2D eigenvalue weighted by Crippen LogP contribution is 2.59. The van der Waals surface area contributed by atoms with Gasteiger partial charge >= 0.3 is 0 Å². The molecule has 0 amide bonds. The first kappa shape index (κ1) is 8.25. The van der Waals surface area contributed by atoms with Crippen molar-refractivity contribution in [1.82, 2.24) is 0 Å². The van der Waals surface area contributed by atoms with Crippen molar-refractivity contribution in [3.63, 3.8) is 0 Å². The molecule has 0 aromatic rings. The van der Waals surface area contributed by atoms with Crippen LogP contribution in [0.15, 0.2) is 0 Å². The number of rotatable bonds is 1. The molecule has 0 aromatic carbocycles. The summed E-state index contributed by atoms with van der Waals surface area (Å²) in [6, 6.07) is 0. The monoisotopic (exact) mass is 182 g/mol. The molecule has 0 saturated heterocycles. The van der Waals surface area contributed by atoms with E-state index in [-0.39, 0.29) is 6.10 Å². The highest BCUT2D eigenvalue weighted by Gasteiger charge is 2.55. The summed E-state index contributed by atoms with van der Waals surface area (Å²) in [4.78, 5) is 0. The van der Waals surface area contributed by atoms with Crippen LogP contribution in [0.1, 0.15) is 25.7 Å². The molecule has 6 atom stereocenters. The van der Waals surface area contributed by atoms with Crippen LogP contribution in [0.3, 0.4) is 0 Å². The van der Waals surface area contributed by atoms with Crippen molar-refractivity contribution in [2.24, 2.45) is 29.6 Å². The third-order valence-corrected chi connectivity index (χ3v) is 4.79. The molecular weight excluding hydrogens is 164 g/mol. The highest BCUT2D eigenvalue weighted by atomic mass is 16.3. The minimum absolute atomic E-state index is 0.0105. The van der Waals surface area contributed by atoms with Gasteiger partial charge in [0.2, 0.25) is 0 Å². The fourth-order valence-electron chi connectivity index (χ4n) is 4.30. The number of hydrogen-bond acceptors (Lipinski definition) is 2. The van der Waals surface area contributed by atoms with Crippen LogP contribution >= 0.6 is 0 Å². The molecule has 2 heteroatoms. The summed E-state index contributed by atoms with van der Waals surface area (Å²) in [5.41, 5.74) is 0. The van der Waals surface area contributed by atoms with Gasteiger partial charge in [-0.1, -0.05) is 0 Å². The predicted molar refractivity (Wildman–Crippen MR) is 49.0 cm³/mol. The van der Waals surface area contributed by atoms with E-state index in [0.717, 1.165) is 24.2 Å². The summed E-state index contributed by atoms with van der Waals surface area (Å²) >= 11 is 0. The van der Waals surface area contributed by atoms with Crippen LogP contribution in [0.25, 0.3) is 0 Å². The van der Waals surface area contributed by atoms with E-state index in [1.165, 1.54) is 19.3 Å². The van der Waals surface area contributed by atoms with E-state index in [1.54, 1.807) is 0 Å². The molecule has 3 rings (SSSR count). The summed E-state index contributed by atoms with van der Waals surface area (Å²) < 4.78 is 0. The van der Waals surface area contributed by atoms with Gasteiger partial charge < -0.3 is 10.2 Å². The van der Waals surface area contributed by atoms with E-state index in [2.05, 4.69) is 0 Å². The molecule has 74 valence electrons. The van der Waals surface area contributed by atoms with E-state index in [0.29, 0.717) is 18.4 Å². The molecule has 0 aliphatic heterocycles. The fraction of sp³-hybridized carbons (Fsp3) is 1.00. The summed E-state index contributed by atoms with van der Waals surface area (Å²) in [7, 11) is 0. The second-order valence-electron chi connectivity index (χ2n) is 5.31. The highest BCUT2D eigenvalue weighted by molar-refractivity contribution is 5.04. The average Bonchev–Trinajstić information content (AvgIpc) is 2.71. The zero-order valence-electron chi connectivity index (χ0n) is 7.89. The molecule has 2 bridgehead atoms. The number of aliphatic hydroxyl groups excluding tert-OH is 2. The molecule has 3 saturated carbocycles. The molecule has 2 nitrogen and oxygen atoms in total. The number of fused-ring (bicyclic) bond motifs is 5. The van der Waals surface area contributed by atoms with Crippen LogP contribution < -0.4 is 0 Å². The Balaban J connectivity index is 1.79. The van der Waals surface area contributed by atoms with Crippen LogP contribution in [0, 0.1) is 29.6 Å². The van der Waals surface area contributed by atoms with Crippen molar-refractivity contribution >= 4 is 0 Å². The van der Waals surface area contributed by atoms with Gasteiger partial charge in [-0.25, -0.2) is 0 Å². The zero-order chi connectivity index (χ0) is 9.00. The molecule has 0 spiro atoms. The topological polar surface area (TPSA) is 40.5 Å². The minimum Gasteiger partial charge on any atom is -0.396 e. The van der Waals surface area contributed by atoms with Crippen molar-refractivity contribution in [2.75, 3.05) is 6.61 Å². The lowest BCUT2D eigenvalue weighted by Gasteiger charge is -2.28. The summed E-state index contributed by atoms with van der Waals surface area (Å²) in [6.07, 6.45) is 4.72. The average molecular weight is 182 g/mol. The van der Waals surface area contributed by atoms with E-state index in [4.69, 9.17) is 5.11 Å². The molecule has 3 aliphatic carbocycles. The van der Waals surface area contributed by atoms with Gasteiger partial charge in [-0.05, 0) is 55.3 Å². The van der Waals surface area contributed by atoms with Crippen molar-refractivity contribution in [2.45, 2.75) is 31.8 Å². The number of hydrogen-bond donors (Lipinski definition) is 2. The first-order valence-electron chi connectivity index (χ1n) is 5.58. The maximum Gasteiger partial charge on any atom is 0.0574 e. The van der Waals surface area contributed by atoms with Gasteiger partial charge in [0.15, 0.2) is 0 Å². The van der Waals surface area contributed by atoms with E-state index < -0.39 is 0 Å². The second-order valence-corrected chi connectivity index (χ2v) is 5.31. The van der Waals surface area contributed by atoms with Crippen molar-refractivity contribution in [3.8, 4) is 0 Å². The van der Waals surface area contributed by atoms with Crippen LogP contribution in [0.4, 0.5) is 0 Å². The smallest absolute Gasteiger partial charge is 0.0574 e. The second kappa shape index (κ2) is 2.71. The third kappa shape index (κ3) is 1.02. The predicted octanol–water partition coefficient (Wildman–Crippen LogP) is 1.02. The SMILES string of the molecule is OC[C@@H]1C[C@H]2[C@@H](C1)[C@@H]1C[C@@H]2[C@H](O)C1. The molecule has 0 radical (unpaired) electrons. The van der Waals surface area contributed by atoms with Gasteiger partial charge in [0, 0.05) is 6.61 Å². The summed E-state index contributed by atoms with van der Waals surface area (Å²) in [5, 5.41) is 18.9. The Bertz CT molecular complexity index is 216. The van der Waals surface area contributed by atoms with Crippen LogP contribution in [-0.4, -0.2) is 22.9 Å². The Morgan fingerprint density at radius 1 is 0.923 bits per heavy atom. The normalized spacial score (nSPS) is 58.6. The van der Waals surface area contributed by atoms with E-state index >= 15 is 0 Å². The molecule has 3 fully saturated rings. The Morgan fingerprint density at radius 2 is 1.69 bits per heavy atom. The first-order valence-corrected chi connectivity index (χ1v) is 5.58. The fourth-order valence-corrected chi connectivity index (χ4v) is 4.30. The molecule has 3 aliphatic rings. The largest absolute Gasteiger partial charge is 0.396 e. The van der Waals surface area contributed by atoms with Gasteiger partial charge in [-0.15, -0.1) is 0 Å². The third-order valence-electron chi connectivity index (χ3n) is 4.79. The molecule has 0 aromatic heterocycles. The lowest BCUT2D eigenvalue weighted by atomic mass is 9.80. The van der Waals surface area contributed by atoms with Crippen LogP contribution in [-0.2, 0) is 0 Å². The van der Waals surface area contributed by atoms with Gasteiger partial charge in [-0.3, -0.25) is 0 Å². The molecule has 0 heterocycles. The van der Waals surface area contributed by atoms with Gasteiger partial charge in [0.05, 0.1) is 6.10 Å². The van der Waals surface area contributed by atoms with E-state index in [1.807, 2.05) is 0 Å².